The molecule has 15 heavy (non-hydrogen) atoms. The molecule has 0 spiro atoms. The van der Waals surface area contributed by atoms with E-state index < -0.39 is 0 Å². The van der Waals surface area contributed by atoms with Gasteiger partial charge in [0.25, 0.3) is 0 Å². The van der Waals surface area contributed by atoms with Gasteiger partial charge in [-0.2, -0.15) is 0 Å². The Balaban J connectivity index is 2.56. The number of alkyl halides is 2. The highest BCUT2D eigenvalue weighted by Crippen LogP contribution is 2.12. The molecule has 0 aliphatic carbocycles. The van der Waals surface area contributed by atoms with Gasteiger partial charge in [0.05, 0.1) is 0 Å². The highest BCUT2D eigenvalue weighted by molar-refractivity contribution is 6.30. The third-order valence-electron chi connectivity index (χ3n) is 2.10. The van der Waals surface area contributed by atoms with E-state index in [0.717, 1.165) is 24.7 Å². The fraction of sp³-hybridized carbons (Fsp3) is 0.455. The Morgan fingerprint density at radius 1 is 1.07 bits per heavy atom. The van der Waals surface area contributed by atoms with Crippen LogP contribution in [0.1, 0.15) is 5.56 Å². The second-order valence-corrected chi connectivity index (χ2v) is 4.48. The molecule has 0 fully saturated rings. The highest BCUT2D eigenvalue weighted by Gasteiger charge is 2.04. The van der Waals surface area contributed by atoms with Crippen molar-refractivity contribution in [1.29, 1.82) is 0 Å². The van der Waals surface area contributed by atoms with Crippen LogP contribution in [0.15, 0.2) is 24.3 Å². The first-order valence-electron chi connectivity index (χ1n) is 4.85. The predicted octanol–water partition coefficient (Wildman–Crippen LogP) is 3.62. The molecule has 0 N–H and O–H groups in total. The minimum atomic E-state index is 0.622. The van der Waals surface area contributed by atoms with Crippen molar-refractivity contribution in [3.63, 3.8) is 0 Å². The maximum atomic E-state index is 5.91. The van der Waals surface area contributed by atoms with Crippen LogP contribution in [0.25, 0.3) is 0 Å². The molecule has 1 aromatic rings. The van der Waals surface area contributed by atoms with Crippen LogP contribution in [0.3, 0.4) is 0 Å². The Morgan fingerprint density at radius 3 is 2.27 bits per heavy atom. The first-order valence-corrected chi connectivity index (χ1v) is 6.29. The van der Waals surface area contributed by atoms with Crippen LogP contribution in [0, 0.1) is 0 Å². The van der Waals surface area contributed by atoms with Crippen LogP contribution in [0.5, 0.6) is 0 Å². The van der Waals surface area contributed by atoms with Crippen LogP contribution < -0.4 is 0 Å². The number of rotatable bonds is 6. The Labute approximate surface area is 106 Å². The molecule has 0 aliphatic heterocycles. The van der Waals surface area contributed by atoms with Crippen molar-refractivity contribution < 1.29 is 0 Å². The van der Waals surface area contributed by atoms with E-state index in [1.165, 1.54) is 5.56 Å². The average molecular weight is 267 g/mol. The number of benzene rings is 1. The Kier molecular flexibility index (Phi) is 6.42. The van der Waals surface area contributed by atoms with Gasteiger partial charge in [-0.25, -0.2) is 0 Å². The molecule has 0 radical (unpaired) electrons. The van der Waals surface area contributed by atoms with Crippen molar-refractivity contribution in [3.05, 3.63) is 34.9 Å². The molecule has 0 saturated carbocycles. The molecule has 84 valence electrons. The molecular weight excluding hydrogens is 252 g/mol. The van der Waals surface area contributed by atoms with Crippen LogP contribution in [-0.4, -0.2) is 29.7 Å². The lowest BCUT2D eigenvalue weighted by Crippen LogP contribution is -2.27. The van der Waals surface area contributed by atoms with E-state index in [9.17, 15) is 0 Å². The number of hydrogen-bond donors (Lipinski definition) is 0. The number of halogens is 3. The van der Waals surface area contributed by atoms with Crippen molar-refractivity contribution in [2.45, 2.75) is 6.54 Å². The third-order valence-corrected chi connectivity index (χ3v) is 2.67. The second kappa shape index (κ2) is 7.34. The molecule has 0 heterocycles. The number of hydrogen-bond acceptors (Lipinski definition) is 1. The zero-order chi connectivity index (χ0) is 11.1. The first kappa shape index (κ1) is 13.1. The van der Waals surface area contributed by atoms with Gasteiger partial charge in [-0.3, -0.25) is 4.90 Å². The largest absolute Gasteiger partial charge is 0.297 e. The van der Waals surface area contributed by atoms with Crippen LogP contribution in [-0.2, 0) is 6.54 Å². The molecule has 1 rings (SSSR count). The van der Waals surface area contributed by atoms with Crippen LogP contribution >= 0.6 is 34.8 Å². The van der Waals surface area contributed by atoms with E-state index in [2.05, 4.69) is 11.0 Å². The van der Waals surface area contributed by atoms with Crippen LogP contribution in [0.4, 0.5) is 0 Å². The molecule has 0 amide bonds. The van der Waals surface area contributed by atoms with Gasteiger partial charge in [-0.1, -0.05) is 23.7 Å². The maximum absolute atomic E-state index is 5.91. The van der Waals surface area contributed by atoms with Gasteiger partial charge in [0, 0.05) is 36.4 Å². The summed E-state index contributed by atoms with van der Waals surface area (Å²) in [7, 11) is 0. The molecule has 0 bridgehead atoms. The Morgan fingerprint density at radius 2 is 1.73 bits per heavy atom. The number of nitrogens with zero attached hydrogens (tertiary/aromatic N) is 1. The Bertz CT molecular complexity index is 285. The third kappa shape index (κ3) is 5.07. The van der Waals surface area contributed by atoms with Crippen molar-refractivity contribution in [1.82, 2.24) is 4.90 Å². The monoisotopic (exact) mass is 265 g/mol. The molecule has 0 saturated heterocycles. The lowest BCUT2D eigenvalue weighted by molar-refractivity contribution is 0.299. The fourth-order valence-electron chi connectivity index (χ4n) is 1.40. The molecule has 0 aliphatic rings. The topological polar surface area (TPSA) is 3.24 Å². The van der Waals surface area contributed by atoms with Gasteiger partial charge in [0.1, 0.15) is 0 Å². The van der Waals surface area contributed by atoms with Gasteiger partial charge in [-0.05, 0) is 17.7 Å². The molecule has 0 unspecified atom stereocenters. The van der Waals surface area contributed by atoms with Gasteiger partial charge < -0.3 is 0 Å². The summed E-state index contributed by atoms with van der Waals surface area (Å²) in [5.74, 6) is 1.24. The van der Waals surface area contributed by atoms with Crippen molar-refractivity contribution >= 4 is 34.8 Å². The van der Waals surface area contributed by atoms with E-state index in [4.69, 9.17) is 34.8 Å². The van der Waals surface area contributed by atoms with E-state index in [1.807, 2.05) is 18.2 Å². The van der Waals surface area contributed by atoms with Crippen LogP contribution in [0.2, 0.25) is 5.02 Å². The first-order chi connectivity index (χ1) is 7.26. The SMILES string of the molecule is ClCCN(CCCl)Cc1cccc(Cl)c1. The smallest absolute Gasteiger partial charge is 0.0409 e. The summed E-state index contributed by atoms with van der Waals surface area (Å²) in [6.07, 6.45) is 0. The molecule has 0 aromatic heterocycles. The summed E-state index contributed by atoms with van der Waals surface area (Å²) in [5, 5.41) is 0.768. The molecule has 0 atom stereocenters. The summed E-state index contributed by atoms with van der Waals surface area (Å²) < 4.78 is 0. The van der Waals surface area contributed by atoms with E-state index in [-0.39, 0.29) is 0 Å². The molecule has 1 aromatic carbocycles. The summed E-state index contributed by atoms with van der Waals surface area (Å²) >= 11 is 17.3. The van der Waals surface area contributed by atoms with Crippen molar-refractivity contribution in [2.24, 2.45) is 0 Å². The van der Waals surface area contributed by atoms with Gasteiger partial charge in [0.2, 0.25) is 0 Å². The molecule has 4 heteroatoms. The summed E-state index contributed by atoms with van der Waals surface area (Å²) in [5.41, 5.74) is 1.19. The average Bonchev–Trinajstić information content (AvgIpc) is 2.18. The standard InChI is InChI=1S/C11H14Cl3N/c12-4-6-15(7-5-13)9-10-2-1-3-11(14)8-10/h1-3,8H,4-7,9H2. The quantitative estimate of drug-likeness (QED) is 0.711. The summed E-state index contributed by atoms with van der Waals surface area (Å²) in [4.78, 5) is 2.21. The van der Waals surface area contributed by atoms with Crippen molar-refractivity contribution in [2.75, 3.05) is 24.8 Å². The maximum Gasteiger partial charge on any atom is 0.0409 e. The molecule has 1 nitrogen and oxygen atoms in total. The zero-order valence-electron chi connectivity index (χ0n) is 8.43. The normalized spacial score (nSPS) is 10.9. The second-order valence-electron chi connectivity index (χ2n) is 3.28. The summed E-state index contributed by atoms with van der Waals surface area (Å²) in [6.45, 7) is 2.54. The minimum Gasteiger partial charge on any atom is -0.297 e. The van der Waals surface area contributed by atoms with E-state index in [0.29, 0.717) is 11.8 Å². The lowest BCUT2D eigenvalue weighted by Gasteiger charge is -2.19. The van der Waals surface area contributed by atoms with Crippen molar-refractivity contribution in [3.8, 4) is 0 Å². The zero-order valence-corrected chi connectivity index (χ0v) is 10.7. The Hall–Kier alpha value is 0.0500. The highest BCUT2D eigenvalue weighted by atomic mass is 35.5. The lowest BCUT2D eigenvalue weighted by atomic mass is 10.2. The van der Waals surface area contributed by atoms with E-state index in [1.54, 1.807) is 0 Å². The van der Waals surface area contributed by atoms with Gasteiger partial charge in [-0.15, -0.1) is 23.2 Å². The van der Waals surface area contributed by atoms with E-state index >= 15 is 0 Å². The minimum absolute atomic E-state index is 0.622. The van der Waals surface area contributed by atoms with Gasteiger partial charge >= 0.3 is 0 Å². The molecular formula is C11H14Cl3N. The summed E-state index contributed by atoms with van der Waals surface area (Å²) in [6, 6.07) is 7.86. The van der Waals surface area contributed by atoms with Gasteiger partial charge in [0.15, 0.2) is 0 Å². The predicted molar refractivity (Wildman–Crippen MR) is 68.2 cm³/mol. The fourth-order valence-corrected chi connectivity index (χ4v) is 2.09.